The van der Waals surface area contributed by atoms with E-state index in [9.17, 15) is 4.79 Å². The molecule has 2 aromatic rings. The lowest BCUT2D eigenvalue weighted by molar-refractivity contribution is -0.115. The Morgan fingerprint density at radius 1 is 1.30 bits per heavy atom. The summed E-state index contributed by atoms with van der Waals surface area (Å²) in [5.74, 6) is 1.19. The van der Waals surface area contributed by atoms with Crippen LogP contribution in [0.15, 0.2) is 35.6 Å². The molecule has 2 heterocycles. The van der Waals surface area contributed by atoms with Gasteiger partial charge in [0.05, 0.1) is 11.4 Å². The number of carbonyl (C=O) groups is 1. The number of ether oxygens (including phenoxy) is 2. The molecule has 3 rings (SSSR count). The molecule has 0 saturated carbocycles. The number of aromatic nitrogens is 2. The first-order valence-corrected chi connectivity index (χ1v) is 6.85. The lowest BCUT2D eigenvalue weighted by Gasteiger charge is -2.04. The van der Waals surface area contributed by atoms with E-state index in [1.165, 1.54) is 11.8 Å². The Hall–Kier alpha value is -2.28. The fraction of sp³-hybridized carbons (Fsp3) is 0.154. The molecule has 2 N–H and O–H groups in total. The maximum atomic E-state index is 10.8. The molecule has 0 aliphatic carbocycles. The first-order chi connectivity index (χ1) is 9.72. The smallest absolute Gasteiger partial charge is 0.231 e. The number of hydrogen-bond donors (Lipinski definition) is 1. The quantitative estimate of drug-likeness (QED) is 0.677. The fourth-order valence-electron chi connectivity index (χ4n) is 1.76. The van der Waals surface area contributed by atoms with Crippen LogP contribution in [0.3, 0.4) is 0 Å². The molecule has 7 heteroatoms. The minimum Gasteiger partial charge on any atom is -0.454 e. The Labute approximate surface area is 119 Å². The molecule has 1 aliphatic rings. The second-order valence-corrected chi connectivity index (χ2v) is 4.99. The Bertz CT molecular complexity index is 663. The maximum absolute atomic E-state index is 10.8. The number of fused-ring (bicyclic) bond motifs is 1. The number of thioether (sulfide) groups is 1. The van der Waals surface area contributed by atoms with E-state index >= 15 is 0 Å². The van der Waals surface area contributed by atoms with Gasteiger partial charge in [-0.3, -0.25) is 4.79 Å². The van der Waals surface area contributed by atoms with Crippen molar-refractivity contribution in [2.75, 3.05) is 12.5 Å². The summed E-state index contributed by atoms with van der Waals surface area (Å²) < 4.78 is 10.6. The second kappa shape index (κ2) is 5.38. The molecule has 1 aromatic heterocycles. The lowest BCUT2D eigenvalue weighted by Crippen LogP contribution is -2.13. The fourth-order valence-corrected chi connectivity index (χ4v) is 2.33. The number of hydrogen-bond acceptors (Lipinski definition) is 6. The van der Waals surface area contributed by atoms with Crippen molar-refractivity contribution in [3.05, 3.63) is 30.5 Å². The van der Waals surface area contributed by atoms with Crippen LogP contribution in [0, 0.1) is 0 Å². The zero-order valence-electron chi connectivity index (χ0n) is 10.4. The van der Waals surface area contributed by atoms with E-state index in [1.807, 2.05) is 18.2 Å². The van der Waals surface area contributed by atoms with Crippen molar-refractivity contribution in [2.24, 2.45) is 5.73 Å². The highest BCUT2D eigenvalue weighted by Gasteiger charge is 2.14. The Morgan fingerprint density at radius 2 is 2.15 bits per heavy atom. The van der Waals surface area contributed by atoms with Crippen molar-refractivity contribution in [2.45, 2.75) is 5.16 Å². The Kier molecular flexibility index (Phi) is 3.42. The van der Waals surface area contributed by atoms with Crippen LogP contribution in [0.25, 0.3) is 11.3 Å². The number of amides is 1. The molecule has 0 bridgehead atoms. The van der Waals surface area contributed by atoms with Gasteiger partial charge in [-0.15, -0.1) is 0 Å². The monoisotopic (exact) mass is 289 g/mol. The van der Waals surface area contributed by atoms with Crippen molar-refractivity contribution < 1.29 is 14.3 Å². The minimum absolute atomic E-state index is 0.157. The van der Waals surface area contributed by atoms with Gasteiger partial charge >= 0.3 is 0 Å². The topological polar surface area (TPSA) is 87.3 Å². The van der Waals surface area contributed by atoms with Crippen LogP contribution in [0.4, 0.5) is 0 Å². The molecule has 0 fully saturated rings. The molecule has 0 unspecified atom stereocenters. The van der Waals surface area contributed by atoms with Crippen molar-refractivity contribution in [1.29, 1.82) is 0 Å². The largest absolute Gasteiger partial charge is 0.454 e. The van der Waals surface area contributed by atoms with Crippen molar-refractivity contribution >= 4 is 17.7 Å². The standard InChI is InChI=1S/C13H11N3O3S/c14-12(17)6-20-13-15-4-3-9(16-13)8-1-2-10-11(5-8)19-7-18-10/h1-5H,6-7H2,(H2,14,17). The summed E-state index contributed by atoms with van der Waals surface area (Å²) in [6.45, 7) is 0.238. The summed E-state index contributed by atoms with van der Waals surface area (Å²) in [7, 11) is 0. The zero-order valence-corrected chi connectivity index (χ0v) is 11.2. The van der Waals surface area contributed by atoms with Gasteiger partial charge in [0.1, 0.15) is 0 Å². The molecule has 20 heavy (non-hydrogen) atoms. The number of benzene rings is 1. The second-order valence-electron chi connectivity index (χ2n) is 4.05. The summed E-state index contributed by atoms with van der Waals surface area (Å²) >= 11 is 1.21. The van der Waals surface area contributed by atoms with Gasteiger partial charge in [-0.2, -0.15) is 0 Å². The molecule has 6 nitrogen and oxygen atoms in total. The van der Waals surface area contributed by atoms with Gasteiger partial charge in [0.25, 0.3) is 0 Å². The van der Waals surface area contributed by atoms with E-state index in [1.54, 1.807) is 12.3 Å². The number of nitrogens with zero attached hydrogens (tertiary/aromatic N) is 2. The Balaban J connectivity index is 1.86. The highest BCUT2D eigenvalue weighted by Crippen LogP contribution is 2.35. The van der Waals surface area contributed by atoms with Gasteiger partial charge in [-0.05, 0) is 24.3 Å². The third-order valence-electron chi connectivity index (χ3n) is 2.65. The normalized spacial score (nSPS) is 12.4. The van der Waals surface area contributed by atoms with Crippen LogP contribution >= 0.6 is 11.8 Å². The summed E-state index contributed by atoms with van der Waals surface area (Å²) in [4.78, 5) is 19.3. The maximum Gasteiger partial charge on any atom is 0.231 e. The van der Waals surface area contributed by atoms with Crippen molar-refractivity contribution in [1.82, 2.24) is 9.97 Å². The Morgan fingerprint density at radius 3 is 3.00 bits per heavy atom. The van der Waals surface area contributed by atoms with E-state index in [2.05, 4.69) is 9.97 Å². The van der Waals surface area contributed by atoms with E-state index in [4.69, 9.17) is 15.2 Å². The van der Waals surface area contributed by atoms with Gasteiger partial charge in [0.15, 0.2) is 16.7 Å². The minimum atomic E-state index is -0.396. The van der Waals surface area contributed by atoms with Crippen LogP contribution in [0.2, 0.25) is 0 Å². The predicted octanol–water partition coefficient (Wildman–Crippen LogP) is 1.45. The average molecular weight is 289 g/mol. The summed E-state index contributed by atoms with van der Waals surface area (Å²) in [5, 5.41) is 0.513. The summed E-state index contributed by atoms with van der Waals surface area (Å²) in [5.41, 5.74) is 6.76. The first-order valence-electron chi connectivity index (χ1n) is 5.86. The van der Waals surface area contributed by atoms with Crippen LogP contribution in [0.5, 0.6) is 11.5 Å². The van der Waals surface area contributed by atoms with E-state index < -0.39 is 5.91 Å². The van der Waals surface area contributed by atoms with Crippen molar-refractivity contribution in [3.63, 3.8) is 0 Å². The zero-order chi connectivity index (χ0) is 13.9. The first kappa shape index (κ1) is 12.7. The van der Waals surface area contributed by atoms with Crippen LogP contribution in [-0.4, -0.2) is 28.4 Å². The average Bonchev–Trinajstić information content (AvgIpc) is 2.93. The molecule has 0 spiro atoms. The number of carbonyl (C=O) groups excluding carboxylic acids is 1. The van der Waals surface area contributed by atoms with Gasteiger partial charge in [-0.25, -0.2) is 9.97 Å². The van der Waals surface area contributed by atoms with E-state index in [0.717, 1.165) is 17.0 Å². The molecule has 0 radical (unpaired) electrons. The summed E-state index contributed by atoms with van der Waals surface area (Å²) in [6.07, 6.45) is 1.65. The molecule has 1 aromatic carbocycles. The van der Waals surface area contributed by atoms with Gasteiger partial charge in [-0.1, -0.05) is 11.8 Å². The van der Waals surface area contributed by atoms with E-state index in [0.29, 0.717) is 10.9 Å². The van der Waals surface area contributed by atoms with Gasteiger partial charge in [0.2, 0.25) is 12.7 Å². The molecule has 0 saturated heterocycles. The van der Waals surface area contributed by atoms with Crippen molar-refractivity contribution in [3.8, 4) is 22.8 Å². The van der Waals surface area contributed by atoms with E-state index in [-0.39, 0.29) is 12.5 Å². The predicted molar refractivity (Wildman–Crippen MR) is 73.5 cm³/mol. The van der Waals surface area contributed by atoms with Crippen LogP contribution < -0.4 is 15.2 Å². The SMILES string of the molecule is NC(=O)CSc1nccc(-c2ccc3c(c2)OCO3)n1. The molecule has 0 atom stereocenters. The van der Waals surface area contributed by atoms with Gasteiger partial charge in [0, 0.05) is 11.8 Å². The summed E-state index contributed by atoms with van der Waals surface area (Å²) in [6, 6.07) is 7.41. The highest BCUT2D eigenvalue weighted by molar-refractivity contribution is 7.99. The number of primary amides is 1. The van der Waals surface area contributed by atoms with Gasteiger partial charge < -0.3 is 15.2 Å². The lowest BCUT2D eigenvalue weighted by atomic mass is 10.1. The number of nitrogens with two attached hydrogens (primary N) is 1. The highest BCUT2D eigenvalue weighted by atomic mass is 32.2. The molecule has 1 amide bonds. The van der Waals surface area contributed by atoms with Crippen LogP contribution in [0.1, 0.15) is 0 Å². The molecular weight excluding hydrogens is 278 g/mol. The molecule has 1 aliphatic heterocycles. The third-order valence-corrected chi connectivity index (χ3v) is 3.53. The van der Waals surface area contributed by atoms with Crippen LogP contribution in [-0.2, 0) is 4.79 Å². The molecular formula is C13H11N3O3S. The number of rotatable bonds is 4. The molecule has 102 valence electrons. The third kappa shape index (κ3) is 2.67.